The average Bonchev–Trinajstić information content (AvgIpc) is 2.87. The van der Waals surface area contributed by atoms with Crippen LogP contribution in [0.25, 0.3) is 0 Å². The largest absolute Gasteiger partial charge is 0.492 e. The van der Waals surface area contributed by atoms with Crippen LogP contribution in [-0.4, -0.2) is 23.6 Å². The number of nitrogens with one attached hydrogen (secondary N) is 1. The molecular weight excluding hydrogens is 280 g/mol. The van der Waals surface area contributed by atoms with Gasteiger partial charge >= 0.3 is 0 Å². The number of hydrogen-bond acceptors (Lipinski definition) is 4. The molecule has 0 aliphatic carbocycles. The molecule has 114 valence electrons. The topological polar surface area (TPSA) is 60.5 Å². The summed E-state index contributed by atoms with van der Waals surface area (Å²) in [4.78, 5) is 16.2. The number of aromatic nitrogens is 1. The summed E-state index contributed by atoms with van der Waals surface area (Å²) in [5, 5.41) is 2.88. The Morgan fingerprint density at radius 1 is 1.41 bits per heavy atom. The van der Waals surface area contributed by atoms with Gasteiger partial charge in [0, 0.05) is 36.0 Å². The molecule has 0 saturated heterocycles. The lowest BCUT2D eigenvalue weighted by Gasteiger charge is -2.13. The minimum Gasteiger partial charge on any atom is -0.492 e. The van der Waals surface area contributed by atoms with Crippen LogP contribution >= 0.6 is 0 Å². The monoisotopic (exact) mass is 298 g/mol. The summed E-state index contributed by atoms with van der Waals surface area (Å²) < 4.78 is 11.4. The van der Waals surface area contributed by atoms with Gasteiger partial charge in [-0.2, -0.15) is 0 Å². The van der Waals surface area contributed by atoms with Crippen molar-refractivity contribution in [1.82, 2.24) is 4.98 Å². The lowest BCUT2D eigenvalue weighted by atomic mass is 10.1. The third kappa shape index (κ3) is 2.88. The molecule has 22 heavy (non-hydrogen) atoms. The van der Waals surface area contributed by atoms with Gasteiger partial charge in [0.2, 0.25) is 0 Å². The molecule has 1 aliphatic rings. The van der Waals surface area contributed by atoms with Crippen molar-refractivity contribution in [2.45, 2.75) is 26.4 Å². The number of carbonyl (C=O) groups excluding carboxylic acids is 1. The third-order valence-electron chi connectivity index (χ3n) is 3.49. The van der Waals surface area contributed by atoms with E-state index in [4.69, 9.17) is 9.47 Å². The molecule has 5 nitrogen and oxygen atoms in total. The normalized spacial score (nSPS) is 15.8. The number of hydrogen-bond donors (Lipinski definition) is 1. The number of carbonyl (C=O) groups is 1. The van der Waals surface area contributed by atoms with Crippen LogP contribution in [-0.2, 0) is 6.42 Å². The molecule has 0 unspecified atom stereocenters. The van der Waals surface area contributed by atoms with Crippen molar-refractivity contribution in [2.75, 3.05) is 11.9 Å². The fourth-order valence-corrected chi connectivity index (χ4v) is 2.51. The Labute approximate surface area is 129 Å². The third-order valence-corrected chi connectivity index (χ3v) is 3.49. The van der Waals surface area contributed by atoms with Crippen molar-refractivity contribution < 1.29 is 14.3 Å². The molecule has 0 saturated carbocycles. The molecule has 1 atom stereocenters. The van der Waals surface area contributed by atoms with Gasteiger partial charge in [0.15, 0.2) is 0 Å². The van der Waals surface area contributed by atoms with Crippen LogP contribution in [0.15, 0.2) is 36.7 Å². The van der Waals surface area contributed by atoms with Crippen molar-refractivity contribution in [2.24, 2.45) is 0 Å². The lowest BCUT2D eigenvalue weighted by molar-refractivity contribution is 0.102. The molecule has 0 spiro atoms. The van der Waals surface area contributed by atoms with Crippen molar-refractivity contribution in [3.05, 3.63) is 47.8 Å². The standard InChI is InChI=1S/C17H18N2O3/c1-3-21-16-9-13-8-11(2)22-15(13)10-14(16)19-17(20)12-4-6-18-7-5-12/h4-7,9-11H,3,8H2,1-2H3,(H,19,20)/t11-/m0/s1. The maximum Gasteiger partial charge on any atom is 0.255 e. The highest BCUT2D eigenvalue weighted by molar-refractivity contribution is 6.05. The highest BCUT2D eigenvalue weighted by Crippen LogP contribution is 2.38. The smallest absolute Gasteiger partial charge is 0.255 e. The van der Waals surface area contributed by atoms with Crippen LogP contribution in [0.5, 0.6) is 11.5 Å². The number of benzene rings is 1. The Hall–Kier alpha value is -2.56. The van der Waals surface area contributed by atoms with Gasteiger partial charge in [-0.3, -0.25) is 9.78 Å². The van der Waals surface area contributed by atoms with E-state index in [1.165, 1.54) is 0 Å². The molecule has 3 rings (SSSR count). The number of rotatable bonds is 4. The van der Waals surface area contributed by atoms with Gasteiger partial charge in [-0.25, -0.2) is 0 Å². The molecule has 0 bridgehead atoms. The van der Waals surface area contributed by atoms with E-state index in [9.17, 15) is 4.79 Å². The van der Waals surface area contributed by atoms with Gasteiger partial charge in [0.05, 0.1) is 12.3 Å². The van der Waals surface area contributed by atoms with Crippen LogP contribution in [0.1, 0.15) is 29.8 Å². The van der Waals surface area contributed by atoms with E-state index < -0.39 is 0 Å². The van der Waals surface area contributed by atoms with Gasteiger partial charge in [0.1, 0.15) is 17.6 Å². The molecule has 1 N–H and O–H groups in total. The second-order valence-electron chi connectivity index (χ2n) is 5.21. The maximum atomic E-state index is 12.3. The highest BCUT2D eigenvalue weighted by atomic mass is 16.5. The number of amides is 1. The zero-order chi connectivity index (χ0) is 15.5. The summed E-state index contributed by atoms with van der Waals surface area (Å²) in [7, 11) is 0. The Morgan fingerprint density at radius 2 is 2.18 bits per heavy atom. The van der Waals surface area contributed by atoms with Crippen LogP contribution in [0.3, 0.4) is 0 Å². The molecule has 1 amide bonds. The molecule has 1 aromatic carbocycles. The van der Waals surface area contributed by atoms with Crippen molar-refractivity contribution >= 4 is 11.6 Å². The summed E-state index contributed by atoms with van der Waals surface area (Å²) in [6.07, 6.45) is 4.18. The van der Waals surface area contributed by atoms with E-state index in [1.807, 2.05) is 26.0 Å². The molecule has 2 aromatic rings. The predicted octanol–water partition coefficient (Wildman–Crippen LogP) is 3.06. The van der Waals surface area contributed by atoms with E-state index in [1.54, 1.807) is 24.5 Å². The van der Waals surface area contributed by atoms with E-state index >= 15 is 0 Å². The second-order valence-corrected chi connectivity index (χ2v) is 5.21. The van der Waals surface area contributed by atoms with Gasteiger partial charge < -0.3 is 14.8 Å². The molecule has 5 heteroatoms. The van der Waals surface area contributed by atoms with E-state index in [0.717, 1.165) is 17.7 Å². The first-order chi connectivity index (χ1) is 10.7. The Bertz CT molecular complexity index is 686. The summed E-state index contributed by atoms with van der Waals surface area (Å²) in [6, 6.07) is 7.12. The minimum absolute atomic E-state index is 0.149. The quantitative estimate of drug-likeness (QED) is 0.942. The molecule has 2 heterocycles. The summed E-state index contributed by atoms with van der Waals surface area (Å²) >= 11 is 0. The molecular formula is C17H18N2O3. The minimum atomic E-state index is -0.200. The van der Waals surface area contributed by atoms with Crippen LogP contribution < -0.4 is 14.8 Å². The number of nitrogens with zero attached hydrogens (tertiary/aromatic N) is 1. The second kappa shape index (κ2) is 6.05. The first-order valence-electron chi connectivity index (χ1n) is 7.35. The van der Waals surface area contributed by atoms with Crippen LogP contribution in [0, 0.1) is 0 Å². The number of ether oxygens (including phenoxy) is 2. The lowest BCUT2D eigenvalue weighted by Crippen LogP contribution is -2.13. The molecule has 0 fully saturated rings. The maximum absolute atomic E-state index is 12.3. The van der Waals surface area contributed by atoms with E-state index in [2.05, 4.69) is 10.3 Å². The number of anilines is 1. The SMILES string of the molecule is CCOc1cc2c(cc1NC(=O)c1ccncc1)O[C@@H](C)C2. The van der Waals surface area contributed by atoms with Gasteiger partial charge in [-0.1, -0.05) is 0 Å². The summed E-state index contributed by atoms with van der Waals surface area (Å²) in [5.41, 5.74) is 2.28. The van der Waals surface area contributed by atoms with Crippen LogP contribution in [0.2, 0.25) is 0 Å². The fourth-order valence-electron chi connectivity index (χ4n) is 2.51. The molecule has 0 radical (unpaired) electrons. The Morgan fingerprint density at radius 3 is 2.91 bits per heavy atom. The van der Waals surface area contributed by atoms with E-state index in [-0.39, 0.29) is 12.0 Å². The summed E-state index contributed by atoms with van der Waals surface area (Å²) in [6.45, 7) is 4.48. The van der Waals surface area contributed by atoms with Gasteiger partial charge in [-0.15, -0.1) is 0 Å². The van der Waals surface area contributed by atoms with Crippen molar-refractivity contribution in [3.63, 3.8) is 0 Å². The Kier molecular flexibility index (Phi) is 3.96. The fraction of sp³-hybridized carbons (Fsp3) is 0.294. The highest BCUT2D eigenvalue weighted by Gasteiger charge is 2.22. The van der Waals surface area contributed by atoms with E-state index in [0.29, 0.717) is 23.6 Å². The van der Waals surface area contributed by atoms with Crippen molar-refractivity contribution in [3.8, 4) is 11.5 Å². The van der Waals surface area contributed by atoms with Crippen molar-refractivity contribution in [1.29, 1.82) is 0 Å². The first kappa shape index (κ1) is 14.4. The predicted molar refractivity (Wildman–Crippen MR) is 83.6 cm³/mol. The molecule has 1 aromatic heterocycles. The Balaban J connectivity index is 1.89. The zero-order valence-corrected chi connectivity index (χ0v) is 12.6. The summed E-state index contributed by atoms with van der Waals surface area (Å²) in [5.74, 6) is 1.27. The van der Waals surface area contributed by atoms with Gasteiger partial charge in [-0.05, 0) is 32.0 Å². The molecule has 1 aliphatic heterocycles. The number of fused-ring (bicyclic) bond motifs is 1. The van der Waals surface area contributed by atoms with Crippen LogP contribution in [0.4, 0.5) is 5.69 Å². The van der Waals surface area contributed by atoms with Gasteiger partial charge in [0.25, 0.3) is 5.91 Å². The first-order valence-corrected chi connectivity index (χ1v) is 7.35. The number of pyridine rings is 1. The zero-order valence-electron chi connectivity index (χ0n) is 12.6. The average molecular weight is 298 g/mol.